The molecule has 1 aromatic heterocycles. The first-order valence-corrected chi connectivity index (χ1v) is 7.14. The Morgan fingerprint density at radius 1 is 1.10 bits per heavy atom. The molecule has 0 spiro atoms. The number of rotatable bonds is 2. The van der Waals surface area contributed by atoms with E-state index in [9.17, 15) is 4.79 Å². The Morgan fingerprint density at radius 2 is 1.86 bits per heavy atom. The third-order valence-corrected chi connectivity index (χ3v) is 3.71. The smallest absolute Gasteiger partial charge is 0.256 e. The van der Waals surface area contributed by atoms with Crippen LogP contribution >= 0.6 is 15.9 Å². The monoisotopic (exact) mass is 341 g/mol. The molecule has 2 aromatic carbocycles. The molecule has 0 fully saturated rings. The van der Waals surface area contributed by atoms with E-state index in [1.807, 2.05) is 36.4 Å². The maximum atomic E-state index is 12.3. The van der Waals surface area contributed by atoms with Gasteiger partial charge in [-0.2, -0.15) is 0 Å². The molecule has 0 saturated carbocycles. The number of hydrogen-bond acceptors (Lipinski definition) is 3. The fourth-order valence-corrected chi connectivity index (χ4v) is 2.52. The van der Waals surface area contributed by atoms with Gasteiger partial charge in [0.25, 0.3) is 5.91 Å². The number of nitrogens with zero attached hydrogens (tertiary/aromatic N) is 1. The predicted octanol–water partition coefficient (Wildman–Crippen LogP) is 3.83. The van der Waals surface area contributed by atoms with Gasteiger partial charge in [0.2, 0.25) is 0 Å². The van der Waals surface area contributed by atoms with Gasteiger partial charge in [-0.05, 0) is 44.9 Å². The van der Waals surface area contributed by atoms with Gasteiger partial charge in [-0.25, -0.2) is 4.98 Å². The lowest BCUT2D eigenvalue weighted by atomic mass is 10.1. The molecule has 1 amide bonds. The van der Waals surface area contributed by atoms with Gasteiger partial charge in [0.05, 0.1) is 16.4 Å². The van der Waals surface area contributed by atoms with Crippen LogP contribution in [-0.2, 0) is 0 Å². The van der Waals surface area contributed by atoms with Crippen LogP contribution in [0.15, 0.2) is 59.2 Å². The zero-order chi connectivity index (χ0) is 14.8. The van der Waals surface area contributed by atoms with E-state index >= 15 is 0 Å². The van der Waals surface area contributed by atoms with Crippen molar-refractivity contribution in [1.82, 2.24) is 4.98 Å². The highest BCUT2D eigenvalue weighted by Gasteiger charge is 2.10. The highest BCUT2D eigenvalue weighted by Crippen LogP contribution is 2.23. The molecule has 1 heterocycles. The molecule has 0 radical (unpaired) electrons. The van der Waals surface area contributed by atoms with E-state index in [1.54, 1.807) is 12.1 Å². The van der Waals surface area contributed by atoms with Crippen LogP contribution in [0.1, 0.15) is 10.4 Å². The number of hydrogen-bond donors (Lipinski definition) is 2. The summed E-state index contributed by atoms with van der Waals surface area (Å²) in [4.78, 5) is 16.4. The normalized spacial score (nSPS) is 10.5. The Bertz CT molecular complexity index is 833. The summed E-state index contributed by atoms with van der Waals surface area (Å²) in [5.74, 6) is 0.237. The van der Waals surface area contributed by atoms with Crippen molar-refractivity contribution in [3.63, 3.8) is 0 Å². The second-order valence-corrected chi connectivity index (χ2v) is 5.47. The number of carbonyl (C=O) groups is 1. The molecule has 21 heavy (non-hydrogen) atoms. The summed E-state index contributed by atoms with van der Waals surface area (Å²) < 4.78 is 0.650. The summed E-state index contributed by atoms with van der Waals surface area (Å²) in [6.45, 7) is 0. The molecule has 0 aliphatic carbocycles. The van der Waals surface area contributed by atoms with Crippen molar-refractivity contribution >= 4 is 44.1 Å². The largest absolute Gasteiger partial charge is 0.397 e. The number of nitrogens with one attached hydrogen (secondary N) is 1. The maximum absolute atomic E-state index is 12.3. The number of halogens is 1. The second kappa shape index (κ2) is 5.54. The first kappa shape index (κ1) is 13.6. The molecular formula is C16H12BrN3O. The van der Waals surface area contributed by atoms with Gasteiger partial charge in [-0.3, -0.25) is 4.79 Å². The van der Waals surface area contributed by atoms with E-state index in [0.717, 1.165) is 10.8 Å². The van der Waals surface area contributed by atoms with Crippen LogP contribution in [0.2, 0.25) is 0 Å². The van der Waals surface area contributed by atoms with Crippen LogP contribution in [0.25, 0.3) is 10.8 Å². The lowest BCUT2D eigenvalue weighted by Gasteiger charge is -2.07. The summed E-state index contributed by atoms with van der Waals surface area (Å²) in [7, 11) is 0. The SMILES string of the molecule is Nc1cnc(NC(=O)c2ccc3ccccc3c2)c(Br)c1. The van der Waals surface area contributed by atoms with Crippen LogP contribution in [-0.4, -0.2) is 10.9 Å². The Balaban J connectivity index is 1.89. The molecule has 4 nitrogen and oxygen atoms in total. The van der Waals surface area contributed by atoms with Crippen LogP contribution < -0.4 is 11.1 Å². The fraction of sp³-hybridized carbons (Fsp3) is 0. The van der Waals surface area contributed by atoms with Gasteiger partial charge in [0.1, 0.15) is 5.82 Å². The van der Waals surface area contributed by atoms with E-state index in [4.69, 9.17) is 5.73 Å². The van der Waals surface area contributed by atoms with E-state index in [1.165, 1.54) is 6.20 Å². The average molecular weight is 342 g/mol. The van der Waals surface area contributed by atoms with Crippen molar-refractivity contribution in [2.24, 2.45) is 0 Å². The van der Waals surface area contributed by atoms with Crippen molar-refractivity contribution < 1.29 is 4.79 Å². The highest BCUT2D eigenvalue weighted by molar-refractivity contribution is 9.10. The summed E-state index contributed by atoms with van der Waals surface area (Å²) in [6, 6.07) is 15.2. The molecule has 3 aromatic rings. The number of aromatic nitrogens is 1. The Hall–Kier alpha value is -2.40. The summed E-state index contributed by atoms with van der Waals surface area (Å²) in [5.41, 5.74) is 6.74. The van der Waals surface area contributed by atoms with Gasteiger partial charge in [0, 0.05) is 5.56 Å². The lowest BCUT2D eigenvalue weighted by molar-refractivity contribution is 0.102. The minimum atomic E-state index is -0.210. The van der Waals surface area contributed by atoms with Crippen LogP contribution in [0.5, 0.6) is 0 Å². The number of pyridine rings is 1. The van der Waals surface area contributed by atoms with E-state index < -0.39 is 0 Å². The van der Waals surface area contributed by atoms with Gasteiger partial charge in [0.15, 0.2) is 0 Å². The van der Waals surface area contributed by atoms with Gasteiger partial charge < -0.3 is 11.1 Å². The number of fused-ring (bicyclic) bond motifs is 1. The van der Waals surface area contributed by atoms with Gasteiger partial charge in [-0.15, -0.1) is 0 Å². The summed E-state index contributed by atoms with van der Waals surface area (Å²) in [6.07, 6.45) is 1.50. The Kier molecular flexibility index (Phi) is 3.58. The number of nitrogens with two attached hydrogens (primary N) is 1. The number of amides is 1. The molecule has 0 saturated heterocycles. The topological polar surface area (TPSA) is 68.0 Å². The zero-order valence-electron chi connectivity index (χ0n) is 11.0. The van der Waals surface area contributed by atoms with E-state index in [0.29, 0.717) is 21.5 Å². The highest BCUT2D eigenvalue weighted by atomic mass is 79.9. The van der Waals surface area contributed by atoms with Crippen LogP contribution in [0, 0.1) is 0 Å². The Labute approximate surface area is 130 Å². The third-order valence-electron chi connectivity index (χ3n) is 3.11. The Morgan fingerprint density at radius 3 is 2.62 bits per heavy atom. The van der Waals surface area contributed by atoms with E-state index in [-0.39, 0.29) is 5.91 Å². The quantitative estimate of drug-likeness (QED) is 0.744. The standard InChI is InChI=1S/C16H12BrN3O/c17-14-8-13(18)9-19-15(14)20-16(21)12-6-5-10-3-1-2-4-11(10)7-12/h1-9H,18H2,(H,19,20,21). The molecule has 3 rings (SSSR count). The maximum Gasteiger partial charge on any atom is 0.256 e. The second-order valence-electron chi connectivity index (χ2n) is 4.62. The van der Waals surface area contributed by atoms with Crippen molar-refractivity contribution in [3.05, 3.63) is 64.8 Å². The zero-order valence-corrected chi connectivity index (χ0v) is 12.6. The predicted molar refractivity (Wildman–Crippen MR) is 88.3 cm³/mol. The number of anilines is 2. The molecule has 0 bridgehead atoms. The minimum Gasteiger partial charge on any atom is -0.397 e. The molecule has 3 N–H and O–H groups in total. The average Bonchev–Trinajstić information content (AvgIpc) is 2.49. The molecular weight excluding hydrogens is 330 g/mol. The molecule has 0 unspecified atom stereocenters. The minimum absolute atomic E-state index is 0.210. The number of nitrogen functional groups attached to an aromatic ring is 1. The van der Waals surface area contributed by atoms with Crippen molar-refractivity contribution in [2.45, 2.75) is 0 Å². The molecule has 5 heteroatoms. The third kappa shape index (κ3) is 2.87. The molecule has 0 atom stereocenters. The van der Waals surface area contributed by atoms with Crippen molar-refractivity contribution in [3.8, 4) is 0 Å². The first-order chi connectivity index (χ1) is 10.1. The summed E-state index contributed by atoms with van der Waals surface area (Å²) >= 11 is 3.33. The van der Waals surface area contributed by atoms with Gasteiger partial charge in [-0.1, -0.05) is 30.3 Å². The summed E-state index contributed by atoms with van der Waals surface area (Å²) in [5, 5.41) is 4.89. The van der Waals surface area contributed by atoms with E-state index in [2.05, 4.69) is 26.2 Å². The molecule has 0 aliphatic heterocycles. The molecule has 104 valence electrons. The fourth-order valence-electron chi connectivity index (χ4n) is 2.05. The molecule has 0 aliphatic rings. The van der Waals surface area contributed by atoms with Gasteiger partial charge >= 0.3 is 0 Å². The number of carbonyl (C=O) groups excluding carboxylic acids is 1. The van der Waals surface area contributed by atoms with Crippen molar-refractivity contribution in [2.75, 3.05) is 11.1 Å². The van der Waals surface area contributed by atoms with Crippen molar-refractivity contribution in [1.29, 1.82) is 0 Å². The lowest BCUT2D eigenvalue weighted by Crippen LogP contribution is -2.13. The van der Waals surface area contributed by atoms with Crippen LogP contribution in [0.4, 0.5) is 11.5 Å². The van der Waals surface area contributed by atoms with Crippen LogP contribution in [0.3, 0.4) is 0 Å². The number of benzene rings is 2. The first-order valence-electron chi connectivity index (χ1n) is 6.34.